The van der Waals surface area contributed by atoms with Crippen molar-refractivity contribution in [2.45, 2.75) is 62.7 Å². The maximum absolute atomic E-state index is 13.1. The summed E-state index contributed by atoms with van der Waals surface area (Å²) in [6.07, 6.45) is 1.39. The Bertz CT molecular complexity index is 1240. The van der Waals surface area contributed by atoms with Gasteiger partial charge >= 0.3 is 11.9 Å². The minimum absolute atomic E-state index is 0.0839. The van der Waals surface area contributed by atoms with Gasteiger partial charge in [-0.05, 0) is 37.4 Å². The second-order valence-electron chi connectivity index (χ2n) is 9.34. The lowest BCUT2D eigenvalue weighted by Gasteiger charge is -2.24. The summed E-state index contributed by atoms with van der Waals surface area (Å²) in [5, 5.41) is 29.8. The van der Waals surface area contributed by atoms with Crippen LogP contribution in [0.2, 0.25) is 0 Å². The molecule has 1 aromatic carbocycles. The first kappa shape index (κ1) is 29.1. The van der Waals surface area contributed by atoms with Gasteiger partial charge in [0, 0.05) is 29.9 Å². The van der Waals surface area contributed by atoms with Gasteiger partial charge in [0.25, 0.3) is 0 Å². The number of primary amides is 1. The number of amides is 4. The molecule has 3 rings (SSSR count). The number of carbonyl (C=O) groups is 6. The molecule has 4 amide bonds. The molecule has 210 valence electrons. The second-order valence-corrected chi connectivity index (χ2v) is 9.34. The van der Waals surface area contributed by atoms with Crippen molar-refractivity contribution in [1.82, 2.24) is 26.3 Å². The van der Waals surface area contributed by atoms with E-state index in [-0.39, 0.29) is 12.8 Å². The van der Waals surface area contributed by atoms with Crippen molar-refractivity contribution in [3.63, 3.8) is 0 Å². The van der Waals surface area contributed by atoms with Crippen LogP contribution in [0, 0.1) is 0 Å². The Morgan fingerprint density at radius 2 is 1.67 bits per heavy atom. The molecule has 9 N–H and O–H groups in total. The number of carbonyl (C=O) groups excluding carboxylic acids is 4. The van der Waals surface area contributed by atoms with Gasteiger partial charge in [0.2, 0.25) is 23.6 Å². The number of carboxylic acids is 2. The largest absolute Gasteiger partial charge is 0.481 e. The molecule has 2 heterocycles. The number of aromatic amines is 1. The van der Waals surface area contributed by atoms with Crippen LogP contribution in [-0.2, 0) is 35.2 Å². The van der Waals surface area contributed by atoms with Gasteiger partial charge in [-0.15, -0.1) is 0 Å². The second kappa shape index (κ2) is 13.4. The molecule has 14 heteroatoms. The van der Waals surface area contributed by atoms with Crippen molar-refractivity contribution in [3.05, 3.63) is 36.0 Å². The highest BCUT2D eigenvalue weighted by Crippen LogP contribution is 2.19. The van der Waals surface area contributed by atoms with Crippen LogP contribution in [0.3, 0.4) is 0 Å². The Kier molecular flexibility index (Phi) is 9.98. The van der Waals surface area contributed by atoms with Gasteiger partial charge in [-0.2, -0.15) is 0 Å². The number of rotatable bonds is 14. The van der Waals surface area contributed by atoms with Crippen LogP contribution in [0.4, 0.5) is 0 Å². The summed E-state index contributed by atoms with van der Waals surface area (Å²) in [5.74, 6) is -5.85. The predicted molar refractivity (Wildman–Crippen MR) is 137 cm³/mol. The minimum atomic E-state index is -1.46. The van der Waals surface area contributed by atoms with Gasteiger partial charge in [-0.25, -0.2) is 4.79 Å². The Morgan fingerprint density at radius 3 is 2.31 bits per heavy atom. The molecule has 1 aliphatic heterocycles. The van der Waals surface area contributed by atoms with E-state index >= 15 is 0 Å². The molecule has 0 bridgehead atoms. The number of H-pyrrole nitrogens is 1. The number of aliphatic carboxylic acids is 2. The lowest BCUT2D eigenvalue weighted by atomic mass is 10.0. The smallest absolute Gasteiger partial charge is 0.326 e. The predicted octanol–water partition coefficient (Wildman–Crippen LogP) is -1.26. The van der Waals surface area contributed by atoms with E-state index in [1.54, 1.807) is 18.3 Å². The van der Waals surface area contributed by atoms with Crippen LogP contribution in [-0.4, -0.2) is 81.5 Å². The average Bonchev–Trinajstić information content (AvgIpc) is 3.56. The SMILES string of the molecule is NC(=O)CC(NC(=O)C1CCCN1)C(=O)NC(CCC(=O)O)C(=O)NC(Cc1c[nH]c2ccccc12)C(=O)O. The number of fused-ring (bicyclic) bond motifs is 1. The molecule has 0 saturated carbocycles. The molecule has 39 heavy (non-hydrogen) atoms. The normalized spacial score (nSPS) is 17.1. The third-order valence-corrected chi connectivity index (χ3v) is 6.41. The number of hydrogen-bond donors (Lipinski definition) is 8. The Balaban J connectivity index is 1.73. The zero-order valence-corrected chi connectivity index (χ0v) is 21.1. The molecule has 4 unspecified atom stereocenters. The third kappa shape index (κ3) is 8.26. The van der Waals surface area contributed by atoms with E-state index in [1.807, 2.05) is 12.1 Å². The highest BCUT2D eigenvalue weighted by Gasteiger charge is 2.32. The van der Waals surface area contributed by atoms with Crippen LogP contribution in [0.5, 0.6) is 0 Å². The maximum atomic E-state index is 13.1. The maximum Gasteiger partial charge on any atom is 0.326 e. The highest BCUT2D eigenvalue weighted by molar-refractivity contribution is 5.96. The van der Waals surface area contributed by atoms with Crippen LogP contribution < -0.4 is 27.0 Å². The van der Waals surface area contributed by atoms with Gasteiger partial charge in [-0.3, -0.25) is 24.0 Å². The first-order chi connectivity index (χ1) is 18.5. The van der Waals surface area contributed by atoms with Gasteiger partial charge in [-0.1, -0.05) is 18.2 Å². The summed E-state index contributed by atoms with van der Waals surface area (Å²) < 4.78 is 0. The summed E-state index contributed by atoms with van der Waals surface area (Å²) in [6, 6.07) is 2.38. The Labute approximate surface area is 223 Å². The van der Waals surface area contributed by atoms with Gasteiger partial charge in [0.05, 0.1) is 12.5 Å². The zero-order chi connectivity index (χ0) is 28.5. The van der Waals surface area contributed by atoms with E-state index < -0.39 is 72.6 Å². The molecule has 1 aliphatic rings. The van der Waals surface area contributed by atoms with Gasteiger partial charge < -0.3 is 42.2 Å². The summed E-state index contributed by atoms with van der Waals surface area (Å²) >= 11 is 0. The van der Waals surface area contributed by atoms with Crippen molar-refractivity contribution >= 4 is 46.5 Å². The molecule has 0 radical (unpaired) electrons. The van der Waals surface area contributed by atoms with E-state index in [4.69, 9.17) is 10.8 Å². The molecular formula is C25H32N6O8. The summed E-state index contributed by atoms with van der Waals surface area (Å²) in [7, 11) is 0. The standard InChI is InChI=1S/C25H32N6O8/c26-20(32)11-18(30-22(35)16-6-3-9-27-16)24(37)29-17(7-8-21(33)34)23(36)31-19(25(38)39)10-13-12-28-15-5-2-1-4-14(13)15/h1-2,4-5,12,16-19,27-28H,3,6-11H2,(H2,26,32)(H,29,37)(H,30,35)(H,31,36)(H,33,34)(H,38,39). The van der Waals surface area contributed by atoms with Crippen molar-refractivity contribution < 1.29 is 39.0 Å². The van der Waals surface area contributed by atoms with Crippen LogP contribution >= 0.6 is 0 Å². The molecule has 1 saturated heterocycles. The first-order valence-corrected chi connectivity index (χ1v) is 12.5. The van der Waals surface area contributed by atoms with Crippen molar-refractivity contribution in [3.8, 4) is 0 Å². The van der Waals surface area contributed by atoms with Crippen LogP contribution in [0.15, 0.2) is 30.5 Å². The zero-order valence-electron chi connectivity index (χ0n) is 21.1. The topological polar surface area (TPSA) is 233 Å². The van der Waals surface area contributed by atoms with E-state index in [2.05, 4.69) is 26.3 Å². The van der Waals surface area contributed by atoms with E-state index in [0.29, 0.717) is 18.5 Å². The van der Waals surface area contributed by atoms with Crippen molar-refractivity contribution in [1.29, 1.82) is 0 Å². The fraction of sp³-hybridized carbons (Fsp3) is 0.440. The highest BCUT2D eigenvalue weighted by atomic mass is 16.4. The van der Waals surface area contributed by atoms with Gasteiger partial charge in [0.15, 0.2) is 0 Å². The summed E-state index contributed by atoms with van der Waals surface area (Å²) in [4.78, 5) is 76.4. The fourth-order valence-corrected chi connectivity index (χ4v) is 4.39. The minimum Gasteiger partial charge on any atom is -0.481 e. The molecule has 1 aromatic heterocycles. The number of nitrogens with two attached hydrogens (primary N) is 1. The molecule has 4 atom stereocenters. The van der Waals surface area contributed by atoms with E-state index in [0.717, 1.165) is 17.3 Å². The molecular weight excluding hydrogens is 512 g/mol. The molecule has 14 nitrogen and oxygen atoms in total. The number of nitrogens with one attached hydrogen (secondary N) is 5. The van der Waals surface area contributed by atoms with E-state index in [1.165, 1.54) is 0 Å². The average molecular weight is 545 g/mol. The van der Waals surface area contributed by atoms with Crippen LogP contribution in [0.1, 0.15) is 37.7 Å². The number of carboxylic acid groups (broad SMARTS) is 2. The first-order valence-electron chi connectivity index (χ1n) is 12.5. The summed E-state index contributed by atoms with van der Waals surface area (Å²) in [6.45, 7) is 0.617. The number of aromatic nitrogens is 1. The molecule has 2 aromatic rings. The molecule has 1 fully saturated rings. The van der Waals surface area contributed by atoms with E-state index in [9.17, 15) is 33.9 Å². The molecule has 0 spiro atoms. The lowest BCUT2D eigenvalue weighted by molar-refractivity contribution is -0.143. The van der Waals surface area contributed by atoms with Crippen LogP contribution in [0.25, 0.3) is 10.9 Å². The molecule has 0 aliphatic carbocycles. The lowest BCUT2D eigenvalue weighted by Crippen LogP contribution is -2.57. The summed E-state index contributed by atoms with van der Waals surface area (Å²) in [5.41, 5.74) is 6.66. The third-order valence-electron chi connectivity index (χ3n) is 6.41. The van der Waals surface area contributed by atoms with Crippen molar-refractivity contribution in [2.24, 2.45) is 5.73 Å². The monoisotopic (exact) mass is 544 g/mol. The number of benzene rings is 1. The Morgan fingerprint density at radius 1 is 0.974 bits per heavy atom. The fourth-order valence-electron chi connectivity index (χ4n) is 4.39. The Hall–Kier alpha value is -4.46. The number of para-hydroxylation sites is 1. The van der Waals surface area contributed by atoms with Crippen molar-refractivity contribution in [2.75, 3.05) is 6.54 Å². The van der Waals surface area contributed by atoms with Gasteiger partial charge in [0.1, 0.15) is 18.1 Å². The quantitative estimate of drug-likeness (QED) is 0.142. The number of hydrogen-bond acceptors (Lipinski definition) is 7.